The van der Waals surface area contributed by atoms with Crippen LogP contribution in [-0.4, -0.2) is 17.0 Å². The molecule has 4 nitrogen and oxygen atoms in total. The molecule has 1 saturated carbocycles. The number of carboxylic acid groups (broad SMARTS) is 1. The van der Waals surface area contributed by atoms with E-state index in [2.05, 4.69) is 5.32 Å². The third-order valence-electron chi connectivity index (χ3n) is 4.43. The fourth-order valence-corrected chi connectivity index (χ4v) is 3.48. The lowest BCUT2D eigenvalue weighted by Crippen LogP contribution is -2.47. The maximum Gasteiger partial charge on any atom is 0.307 e. The summed E-state index contributed by atoms with van der Waals surface area (Å²) >= 11 is 0. The monoisotopic (exact) mass is 289 g/mol. The minimum absolute atomic E-state index is 0.0512. The van der Waals surface area contributed by atoms with Gasteiger partial charge in [0, 0.05) is 5.69 Å². The number of carbonyl (C=O) groups excluding carboxylic acids is 1. The van der Waals surface area contributed by atoms with Crippen LogP contribution >= 0.6 is 0 Å². The molecule has 3 aliphatic carbocycles. The molecule has 1 aromatic rings. The molecular weight excluding hydrogens is 273 g/mol. The molecule has 3 aliphatic rings. The number of anilines is 1. The van der Waals surface area contributed by atoms with Crippen molar-refractivity contribution in [1.29, 1.82) is 0 Å². The average molecular weight is 289 g/mol. The summed E-state index contributed by atoms with van der Waals surface area (Å²) in [5.74, 6) is -3.13. The Bertz CT molecular complexity index is 613. The van der Waals surface area contributed by atoms with Gasteiger partial charge in [0.05, 0.1) is 11.8 Å². The second-order valence-electron chi connectivity index (χ2n) is 5.68. The Labute approximate surface area is 121 Å². The number of allylic oxidation sites excluding steroid dienone is 2. The molecule has 0 spiro atoms. The largest absolute Gasteiger partial charge is 0.481 e. The summed E-state index contributed by atoms with van der Waals surface area (Å²) in [6.45, 7) is 0. The Kier molecular flexibility index (Phi) is 3.49. The Morgan fingerprint density at radius 2 is 1.81 bits per heavy atom. The van der Waals surface area contributed by atoms with Crippen LogP contribution in [0.1, 0.15) is 12.8 Å². The van der Waals surface area contributed by atoms with Crippen molar-refractivity contribution in [3.05, 3.63) is 42.2 Å². The first-order valence-corrected chi connectivity index (χ1v) is 7.04. The van der Waals surface area contributed by atoms with Crippen molar-refractivity contribution in [3.63, 3.8) is 0 Å². The lowest BCUT2D eigenvalue weighted by molar-refractivity contribution is -0.151. The van der Waals surface area contributed by atoms with Gasteiger partial charge in [-0.15, -0.1) is 0 Å². The van der Waals surface area contributed by atoms with Crippen LogP contribution in [0.4, 0.5) is 10.1 Å². The Morgan fingerprint density at radius 1 is 1.14 bits per heavy atom. The second kappa shape index (κ2) is 5.31. The summed E-state index contributed by atoms with van der Waals surface area (Å²) in [5, 5.41) is 12.1. The van der Waals surface area contributed by atoms with Crippen molar-refractivity contribution < 1.29 is 19.1 Å². The number of aliphatic carboxylic acids is 1. The van der Waals surface area contributed by atoms with Gasteiger partial charge in [-0.1, -0.05) is 18.2 Å². The quantitative estimate of drug-likeness (QED) is 0.841. The summed E-state index contributed by atoms with van der Waals surface area (Å²) in [7, 11) is 0. The number of carbonyl (C=O) groups is 2. The van der Waals surface area contributed by atoms with Gasteiger partial charge in [0.15, 0.2) is 0 Å². The van der Waals surface area contributed by atoms with E-state index in [0.717, 1.165) is 12.8 Å². The Hall–Kier alpha value is -2.17. The first-order chi connectivity index (χ1) is 10.1. The van der Waals surface area contributed by atoms with E-state index in [1.807, 2.05) is 12.2 Å². The highest BCUT2D eigenvalue weighted by Gasteiger charge is 2.48. The van der Waals surface area contributed by atoms with Crippen LogP contribution in [0.5, 0.6) is 0 Å². The van der Waals surface area contributed by atoms with E-state index < -0.39 is 23.6 Å². The van der Waals surface area contributed by atoms with E-state index >= 15 is 0 Å². The summed E-state index contributed by atoms with van der Waals surface area (Å²) in [4.78, 5) is 23.9. The van der Waals surface area contributed by atoms with Crippen molar-refractivity contribution in [2.75, 3.05) is 5.32 Å². The van der Waals surface area contributed by atoms with Crippen LogP contribution in [0.25, 0.3) is 0 Å². The SMILES string of the molecule is O=C(O)C1C2C=CC(CC2)C1C(=O)Nc1cccc(F)c1. The fourth-order valence-electron chi connectivity index (χ4n) is 3.48. The van der Waals surface area contributed by atoms with Gasteiger partial charge in [-0.05, 0) is 42.9 Å². The third-order valence-corrected chi connectivity index (χ3v) is 4.43. The number of amides is 1. The predicted molar refractivity (Wildman–Crippen MR) is 75.0 cm³/mol. The van der Waals surface area contributed by atoms with Crippen molar-refractivity contribution in [2.24, 2.45) is 23.7 Å². The zero-order valence-electron chi connectivity index (χ0n) is 11.3. The lowest BCUT2D eigenvalue weighted by atomic mass is 9.62. The number of benzene rings is 1. The highest BCUT2D eigenvalue weighted by atomic mass is 19.1. The number of hydrogen-bond acceptors (Lipinski definition) is 2. The number of rotatable bonds is 3. The molecule has 0 aromatic heterocycles. The van der Waals surface area contributed by atoms with Crippen molar-refractivity contribution in [2.45, 2.75) is 12.8 Å². The fraction of sp³-hybridized carbons (Fsp3) is 0.375. The third kappa shape index (κ3) is 2.55. The van der Waals surface area contributed by atoms with Gasteiger partial charge < -0.3 is 10.4 Å². The van der Waals surface area contributed by atoms with Crippen LogP contribution in [0, 0.1) is 29.5 Å². The minimum atomic E-state index is -0.937. The van der Waals surface area contributed by atoms with Gasteiger partial charge in [-0.3, -0.25) is 9.59 Å². The first kappa shape index (κ1) is 13.8. The summed E-state index contributed by atoms with van der Waals surface area (Å²) in [6.07, 6.45) is 5.50. The van der Waals surface area contributed by atoms with E-state index in [-0.39, 0.29) is 17.7 Å². The number of fused-ring (bicyclic) bond motifs is 2. The molecule has 21 heavy (non-hydrogen) atoms. The standard InChI is InChI=1S/C16H16FNO3/c17-11-2-1-3-12(8-11)18-15(19)13-9-4-6-10(7-5-9)14(13)16(20)21/h1-4,6,8-10,13-14H,5,7H2,(H,18,19)(H,20,21). The lowest BCUT2D eigenvalue weighted by Gasteiger charge is -2.41. The first-order valence-electron chi connectivity index (χ1n) is 7.04. The highest BCUT2D eigenvalue weighted by molar-refractivity contribution is 5.96. The topological polar surface area (TPSA) is 66.4 Å². The zero-order valence-corrected chi connectivity index (χ0v) is 11.3. The molecule has 1 amide bonds. The molecule has 0 radical (unpaired) electrons. The molecule has 0 heterocycles. The number of halogens is 1. The van der Waals surface area contributed by atoms with Crippen molar-refractivity contribution >= 4 is 17.6 Å². The molecule has 1 fully saturated rings. The second-order valence-corrected chi connectivity index (χ2v) is 5.68. The maximum absolute atomic E-state index is 13.2. The molecule has 1 aromatic carbocycles. The summed E-state index contributed by atoms with van der Waals surface area (Å²) in [5.41, 5.74) is 0.356. The van der Waals surface area contributed by atoms with Crippen molar-refractivity contribution in [3.8, 4) is 0 Å². The zero-order chi connectivity index (χ0) is 15.0. The minimum Gasteiger partial charge on any atom is -0.481 e. The number of carboxylic acids is 1. The van der Waals surface area contributed by atoms with Gasteiger partial charge in [-0.25, -0.2) is 4.39 Å². The van der Waals surface area contributed by atoms with Gasteiger partial charge >= 0.3 is 5.97 Å². The van der Waals surface area contributed by atoms with E-state index in [1.54, 1.807) is 6.07 Å². The molecule has 4 rings (SSSR count). The van der Waals surface area contributed by atoms with Gasteiger partial charge in [0.1, 0.15) is 5.82 Å². The Morgan fingerprint density at radius 3 is 2.38 bits per heavy atom. The van der Waals surface area contributed by atoms with E-state index in [0.29, 0.717) is 5.69 Å². The summed E-state index contributed by atoms with van der Waals surface area (Å²) in [6, 6.07) is 5.62. The van der Waals surface area contributed by atoms with E-state index in [4.69, 9.17) is 0 Å². The molecular formula is C16H16FNO3. The Balaban J connectivity index is 1.83. The molecule has 4 unspecified atom stereocenters. The van der Waals surface area contributed by atoms with Gasteiger partial charge in [0.25, 0.3) is 0 Å². The molecule has 0 saturated heterocycles. The molecule has 110 valence electrons. The van der Waals surface area contributed by atoms with Crippen molar-refractivity contribution in [1.82, 2.24) is 0 Å². The average Bonchev–Trinajstić information content (AvgIpc) is 2.47. The normalized spacial score (nSPS) is 30.1. The molecule has 2 N–H and O–H groups in total. The van der Waals surface area contributed by atoms with Crippen LogP contribution in [0.3, 0.4) is 0 Å². The van der Waals surface area contributed by atoms with E-state index in [9.17, 15) is 19.1 Å². The smallest absolute Gasteiger partial charge is 0.307 e. The molecule has 5 heteroatoms. The molecule has 2 bridgehead atoms. The van der Waals surface area contributed by atoms with Gasteiger partial charge in [-0.2, -0.15) is 0 Å². The summed E-state index contributed by atoms with van der Waals surface area (Å²) < 4.78 is 13.2. The van der Waals surface area contributed by atoms with Gasteiger partial charge in [0.2, 0.25) is 5.91 Å². The van der Waals surface area contributed by atoms with Crippen LogP contribution in [0.2, 0.25) is 0 Å². The maximum atomic E-state index is 13.2. The predicted octanol–water partition coefficient (Wildman–Crippen LogP) is 2.68. The van der Waals surface area contributed by atoms with E-state index in [1.165, 1.54) is 18.2 Å². The van der Waals surface area contributed by atoms with Crippen LogP contribution in [0.15, 0.2) is 36.4 Å². The molecule has 4 atom stereocenters. The molecule has 0 aliphatic heterocycles. The number of nitrogens with one attached hydrogen (secondary N) is 1. The van der Waals surface area contributed by atoms with Crippen LogP contribution < -0.4 is 5.32 Å². The highest BCUT2D eigenvalue weighted by Crippen LogP contribution is 2.45. The van der Waals surface area contributed by atoms with Crippen LogP contribution in [-0.2, 0) is 9.59 Å². The number of hydrogen-bond donors (Lipinski definition) is 2.